The maximum Gasteiger partial charge on any atom is 0.232 e. The minimum absolute atomic E-state index is 0.117. The van der Waals surface area contributed by atoms with Crippen LogP contribution in [-0.4, -0.2) is 39.6 Å². The molecule has 3 aromatic rings. The highest BCUT2D eigenvalue weighted by Gasteiger charge is 2.24. The number of hydrogen-bond acceptors (Lipinski definition) is 5. The minimum atomic E-state index is 0.117. The smallest absolute Gasteiger partial charge is 0.232 e. The largest absolute Gasteiger partial charge is 0.438 e. The number of rotatable bonds is 6. The fraction of sp³-hybridized carbons (Fsp3) is 0.292. The van der Waals surface area contributed by atoms with E-state index in [9.17, 15) is 4.79 Å². The Hall–Kier alpha value is -2.86. The molecule has 0 atom stereocenters. The Kier molecular flexibility index (Phi) is 6.04. The van der Waals surface area contributed by atoms with Gasteiger partial charge in [0.15, 0.2) is 5.82 Å². The maximum atomic E-state index is 12.6. The molecule has 5 nitrogen and oxygen atoms in total. The van der Waals surface area contributed by atoms with Gasteiger partial charge in [-0.15, -0.1) is 0 Å². The number of carbonyl (C=O) groups excluding carboxylic acids is 1. The van der Waals surface area contributed by atoms with Crippen LogP contribution in [-0.2, 0) is 11.2 Å². The van der Waals surface area contributed by atoms with Crippen LogP contribution < -0.4 is 4.74 Å². The minimum Gasteiger partial charge on any atom is -0.438 e. The van der Waals surface area contributed by atoms with Crippen molar-refractivity contribution >= 4 is 17.7 Å². The number of thioether (sulfide) groups is 1. The molecule has 1 aromatic heterocycles. The molecule has 0 fully saturated rings. The molecule has 0 unspecified atom stereocenters. The number of hydrogen-bond donors (Lipinski definition) is 0. The van der Waals surface area contributed by atoms with Crippen molar-refractivity contribution in [2.24, 2.45) is 0 Å². The summed E-state index contributed by atoms with van der Waals surface area (Å²) in [6.45, 7) is 7.47. The summed E-state index contributed by atoms with van der Waals surface area (Å²) in [7, 11) is 0. The lowest BCUT2D eigenvalue weighted by molar-refractivity contribution is -0.127. The molecule has 154 valence electrons. The maximum absolute atomic E-state index is 12.6. The first kappa shape index (κ1) is 20.4. The highest BCUT2D eigenvalue weighted by molar-refractivity contribution is 7.99. The van der Waals surface area contributed by atoms with Gasteiger partial charge in [0.2, 0.25) is 11.8 Å². The van der Waals surface area contributed by atoms with E-state index in [1.807, 2.05) is 61.2 Å². The second kappa shape index (κ2) is 8.88. The number of aromatic nitrogens is 2. The van der Waals surface area contributed by atoms with E-state index in [1.54, 1.807) is 0 Å². The fourth-order valence-corrected chi connectivity index (χ4v) is 4.40. The van der Waals surface area contributed by atoms with Gasteiger partial charge < -0.3 is 9.64 Å². The number of para-hydroxylation sites is 1. The average molecular weight is 420 g/mol. The van der Waals surface area contributed by atoms with Crippen LogP contribution in [0.5, 0.6) is 11.6 Å². The third kappa shape index (κ3) is 4.19. The van der Waals surface area contributed by atoms with Gasteiger partial charge >= 0.3 is 0 Å². The van der Waals surface area contributed by atoms with Crippen molar-refractivity contribution in [3.05, 3.63) is 65.2 Å². The number of aryl methyl sites for hydroxylation is 1. The molecule has 1 amide bonds. The number of ether oxygens (including phenoxy) is 1. The zero-order valence-corrected chi connectivity index (χ0v) is 18.3. The number of fused-ring (bicyclic) bond motifs is 2. The quantitative estimate of drug-likeness (QED) is 0.321. The number of carbonyl (C=O) groups is 1. The van der Waals surface area contributed by atoms with Gasteiger partial charge in [-0.25, -0.2) is 4.98 Å². The van der Waals surface area contributed by atoms with Gasteiger partial charge in [-0.1, -0.05) is 59.8 Å². The molecule has 0 spiro atoms. The Morgan fingerprint density at radius 2 is 1.80 bits per heavy atom. The lowest BCUT2D eigenvalue weighted by Gasteiger charge is -2.22. The fourth-order valence-electron chi connectivity index (χ4n) is 3.47. The third-order valence-electron chi connectivity index (χ3n) is 5.24. The van der Waals surface area contributed by atoms with Gasteiger partial charge in [-0.2, -0.15) is 4.98 Å². The van der Waals surface area contributed by atoms with Crippen molar-refractivity contribution in [1.29, 1.82) is 0 Å². The third-order valence-corrected chi connectivity index (χ3v) is 6.24. The molecule has 0 aliphatic carbocycles. The molecule has 6 heteroatoms. The van der Waals surface area contributed by atoms with E-state index in [4.69, 9.17) is 14.7 Å². The Morgan fingerprint density at radius 1 is 1.07 bits per heavy atom. The molecule has 1 aliphatic rings. The van der Waals surface area contributed by atoms with Crippen molar-refractivity contribution in [2.75, 3.05) is 18.8 Å². The van der Waals surface area contributed by atoms with Crippen molar-refractivity contribution < 1.29 is 9.53 Å². The summed E-state index contributed by atoms with van der Waals surface area (Å²) in [6.07, 6.45) is 0.696. The first-order valence-electron chi connectivity index (χ1n) is 10.2. The number of benzene rings is 2. The van der Waals surface area contributed by atoms with Crippen molar-refractivity contribution in [3.8, 4) is 23.0 Å². The summed E-state index contributed by atoms with van der Waals surface area (Å²) in [5.74, 6) is 2.49. The van der Waals surface area contributed by atoms with Gasteiger partial charge in [-0.05, 0) is 32.4 Å². The Labute approximate surface area is 181 Å². The lowest BCUT2D eigenvalue weighted by atomic mass is 10.0. The molecule has 0 N–H and O–H groups in total. The van der Waals surface area contributed by atoms with Crippen LogP contribution in [0.2, 0.25) is 0 Å². The van der Waals surface area contributed by atoms with Crippen LogP contribution in [0.1, 0.15) is 30.5 Å². The predicted octanol–water partition coefficient (Wildman–Crippen LogP) is 5.11. The predicted molar refractivity (Wildman–Crippen MR) is 120 cm³/mol. The number of amides is 1. The summed E-state index contributed by atoms with van der Waals surface area (Å²) >= 11 is 1.47. The van der Waals surface area contributed by atoms with Gasteiger partial charge in [0.1, 0.15) is 10.8 Å². The van der Waals surface area contributed by atoms with E-state index in [-0.39, 0.29) is 5.91 Å². The Bertz CT molecular complexity index is 1060. The first-order chi connectivity index (χ1) is 14.6. The normalized spacial score (nSPS) is 12.0. The van der Waals surface area contributed by atoms with Crippen LogP contribution >= 0.6 is 11.8 Å². The van der Waals surface area contributed by atoms with Crippen LogP contribution in [0.25, 0.3) is 11.4 Å². The molecule has 0 bridgehead atoms. The zero-order valence-electron chi connectivity index (χ0n) is 17.5. The molecule has 4 rings (SSSR count). The van der Waals surface area contributed by atoms with Crippen LogP contribution in [0.3, 0.4) is 0 Å². The zero-order chi connectivity index (χ0) is 21.1. The summed E-state index contributed by atoms with van der Waals surface area (Å²) in [6, 6.07) is 16.1. The molecule has 2 heterocycles. The summed E-state index contributed by atoms with van der Waals surface area (Å²) in [5.41, 5.74) is 4.17. The summed E-state index contributed by atoms with van der Waals surface area (Å²) in [4.78, 5) is 24.0. The standard InChI is InChI=1S/C24H25N3O2S/c1-4-27(5-2)21(28)15-30-24-19-14-18-8-6-7-9-20(18)29-23(19)25-22(26-24)17-12-10-16(3)11-13-17/h6-13H,4-5,14-15H2,1-3H3. The SMILES string of the molecule is CCN(CC)C(=O)CSc1nc(-c2ccc(C)cc2)nc2c1Cc1ccccc1O2. The van der Waals surface area contributed by atoms with Gasteiger partial charge in [0.05, 0.1) is 11.3 Å². The Morgan fingerprint density at radius 3 is 2.53 bits per heavy atom. The highest BCUT2D eigenvalue weighted by atomic mass is 32.2. The van der Waals surface area contributed by atoms with Crippen molar-refractivity contribution in [3.63, 3.8) is 0 Å². The summed E-state index contributed by atoms with van der Waals surface area (Å²) in [5, 5.41) is 0.811. The van der Waals surface area contributed by atoms with E-state index in [0.29, 0.717) is 37.0 Å². The van der Waals surface area contributed by atoms with Gasteiger partial charge in [-0.3, -0.25) is 4.79 Å². The molecule has 0 radical (unpaired) electrons. The molecular weight excluding hydrogens is 394 g/mol. The molecule has 2 aromatic carbocycles. The monoisotopic (exact) mass is 419 g/mol. The number of nitrogens with zero attached hydrogens (tertiary/aromatic N) is 3. The van der Waals surface area contributed by atoms with Crippen LogP contribution in [0.4, 0.5) is 0 Å². The van der Waals surface area contributed by atoms with E-state index in [1.165, 1.54) is 17.3 Å². The van der Waals surface area contributed by atoms with Crippen LogP contribution in [0.15, 0.2) is 53.6 Å². The topological polar surface area (TPSA) is 55.3 Å². The van der Waals surface area contributed by atoms with Gasteiger partial charge in [0, 0.05) is 25.1 Å². The molecule has 0 saturated carbocycles. The Balaban J connectivity index is 1.71. The lowest BCUT2D eigenvalue weighted by Crippen LogP contribution is -2.31. The summed E-state index contributed by atoms with van der Waals surface area (Å²) < 4.78 is 6.14. The van der Waals surface area contributed by atoms with E-state index in [0.717, 1.165) is 27.5 Å². The molecule has 1 aliphatic heterocycles. The highest BCUT2D eigenvalue weighted by Crippen LogP contribution is 2.40. The van der Waals surface area contributed by atoms with E-state index in [2.05, 4.69) is 13.0 Å². The van der Waals surface area contributed by atoms with Crippen molar-refractivity contribution in [1.82, 2.24) is 14.9 Å². The molecule has 0 saturated heterocycles. The second-order valence-corrected chi connectivity index (χ2v) is 8.21. The first-order valence-corrected chi connectivity index (χ1v) is 11.2. The second-order valence-electron chi connectivity index (χ2n) is 7.24. The van der Waals surface area contributed by atoms with Crippen LogP contribution in [0, 0.1) is 6.92 Å². The average Bonchev–Trinajstić information content (AvgIpc) is 2.77. The van der Waals surface area contributed by atoms with Gasteiger partial charge in [0.25, 0.3) is 0 Å². The molecule has 30 heavy (non-hydrogen) atoms. The van der Waals surface area contributed by atoms with Crippen molar-refractivity contribution in [2.45, 2.75) is 32.2 Å². The molecular formula is C24H25N3O2S. The van der Waals surface area contributed by atoms with E-state index < -0.39 is 0 Å². The van der Waals surface area contributed by atoms with E-state index >= 15 is 0 Å².